The number of rotatable bonds is 2. The summed E-state index contributed by atoms with van der Waals surface area (Å²) in [5, 5.41) is 3.20. The number of carbonyl (C=O) groups is 1. The predicted octanol–water partition coefficient (Wildman–Crippen LogP) is 1.80. The van der Waals surface area contributed by atoms with Crippen LogP contribution in [0.5, 0.6) is 0 Å². The SMILES string of the molecule is COC(=O)[C@H]1CCN[C@@H]1c1cccc(F)c1.F. The number of ether oxygens (including phenoxy) is 1. The van der Waals surface area contributed by atoms with E-state index < -0.39 is 0 Å². The molecule has 0 spiro atoms. The van der Waals surface area contributed by atoms with Crippen molar-refractivity contribution in [1.82, 2.24) is 5.32 Å². The topological polar surface area (TPSA) is 38.3 Å². The molecule has 0 radical (unpaired) electrons. The average Bonchev–Trinajstić information content (AvgIpc) is 2.77. The van der Waals surface area contributed by atoms with Crippen LogP contribution in [0.1, 0.15) is 18.0 Å². The monoisotopic (exact) mass is 243 g/mol. The van der Waals surface area contributed by atoms with Gasteiger partial charge in [-0.3, -0.25) is 9.50 Å². The Kier molecular flexibility index (Phi) is 4.57. The summed E-state index contributed by atoms with van der Waals surface area (Å²) in [6.45, 7) is 0.751. The van der Waals surface area contributed by atoms with E-state index in [1.54, 1.807) is 6.07 Å². The summed E-state index contributed by atoms with van der Waals surface area (Å²) in [7, 11) is 1.38. The number of hydrogen-bond donors (Lipinski definition) is 1. The lowest BCUT2D eigenvalue weighted by atomic mass is 9.94. The molecule has 1 aliphatic rings. The molecule has 1 fully saturated rings. The molecule has 94 valence electrons. The summed E-state index contributed by atoms with van der Waals surface area (Å²) in [6, 6.07) is 6.19. The van der Waals surface area contributed by atoms with Crippen molar-refractivity contribution >= 4 is 5.97 Å². The van der Waals surface area contributed by atoms with E-state index in [4.69, 9.17) is 4.74 Å². The summed E-state index contributed by atoms with van der Waals surface area (Å²) >= 11 is 0. The Bertz CT molecular complexity index is 398. The Morgan fingerprint density at radius 2 is 2.29 bits per heavy atom. The van der Waals surface area contributed by atoms with E-state index in [-0.39, 0.29) is 28.5 Å². The molecule has 0 aromatic heterocycles. The van der Waals surface area contributed by atoms with Crippen molar-refractivity contribution in [2.24, 2.45) is 5.92 Å². The quantitative estimate of drug-likeness (QED) is 0.805. The fraction of sp³-hybridized carbons (Fsp3) is 0.417. The number of benzene rings is 1. The van der Waals surface area contributed by atoms with Gasteiger partial charge in [0.25, 0.3) is 0 Å². The maximum absolute atomic E-state index is 13.1. The van der Waals surface area contributed by atoms with E-state index in [1.165, 1.54) is 19.2 Å². The zero-order valence-corrected chi connectivity index (χ0v) is 9.48. The molecule has 0 saturated carbocycles. The van der Waals surface area contributed by atoms with Crippen LogP contribution in [0.2, 0.25) is 0 Å². The second kappa shape index (κ2) is 5.72. The molecule has 1 aromatic carbocycles. The minimum Gasteiger partial charge on any atom is -0.469 e. The van der Waals surface area contributed by atoms with E-state index in [2.05, 4.69) is 5.32 Å². The van der Waals surface area contributed by atoms with Crippen LogP contribution < -0.4 is 5.32 Å². The lowest BCUT2D eigenvalue weighted by molar-refractivity contribution is -0.145. The van der Waals surface area contributed by atoms with E-state index in [9.17, 15) is 9.18 Å². The third-order valence-corrected chi connectivity index (χ3v) is 2.93. The van der Waals surface area contributed by atoms with Crippen LogP contribution in [0.4, 0.5) is 9.09 Å². The average molecular weight is 243 g/mol. The lowest BCUT2D eigenvalue weighted by Gasteiger charge is -2.17. The normalized spacial score (nSPS) is 22.9. The molecule has 1 N–H and O–H groups in total. The third kappa shape index (κ3) is 2.79. The number of carbonyl (C=O) groups excluding carboxylic acids is 1. The first-order chi connectivity index (χ1) is 7.72. The fourth-order valence-electron chi connectivity index (χ4n) is 2.16. The molecule has 0 bridgehead atoms. The minimum absolute atomic E-state index is 0. The van der Waals surface area contributed by atoms with Gasteiger partial charge in [0, 0.05) is 6.04 Å². The predicted molar refractivity (Wildman–Crippen MR) is 59.8 cm³/mol. The second-order valence-corrected chi connectivity index (χ2v) is 3.91. The Balaban J connectivity index is 0.00000144. The van der Waals surface area contributed by atoms with Crippen molar-refractivity contribution < 1.29 is 18.6 Å². The first kappa shape index (κ1) is 13.6. The number of halogens is 2. The largest absolute Gasteiger partial charge is 0.469 e. The number of esters is 1. The summed E-state index contributed by atoms with van der Waals surface area (Å²) in [5.74, 6) is -0.735. The van der Waals surface area contributed by atoms with Gasteiger partial charge in [-0.2, -0.15) is 0 Å². The molecule has 0 aliphatic carbocycles. The fourth-order valence-corrected chi connectivity index (χ4v) is 2.16. The van der Waals surface area contributed by atoms with Crippen molar-refractivity contribution in [3.63, 3.8) is 0 Å². The highest BCUT2D eigenvalue weighted by Gasteiger charge is 2.34. The van der Waals surface area contributed by atoms with Crippen LogP contribution in [0.25, 0.3) is 0 Å². The molecule has 0 unspecified atom stereocenters. The van der Waals surface area contributed by atoms with E-state index in [0.29, 0.717) is 0 Å². The molecule has 1 heterocycles. The van der Waals surface area contributed by atoms with E-state index >= 15 is 0 Å². The maximum atomic E-state index is 13.1. The molecular weight excluding hydrogens is 228 g/mol. The van der Waals surface area contributed by atoms with Gasteiger partial charge in [0.1, 0.15) is 5.82 Å². The zero-order chi connectivity index (χ0) is 11.5. The van der Waals surface area contributed by atoms with E-state index in [1.807, 2.05) is 6.07 Å². The molecule has 1 aliphatic heterocycles. The summed E-state index contributed by atoms with van der Waals surface area (Å²) in [5.41, 5.74) is 0.799. The molecular formula is C12H15F2NO2. The van der Waals surface area contributed by atoms with Crippen LogP contribution in [-0.4, -0.2) is 19.6 Å². The van der Waals surface area contributed by atoms with Crippen LogP contribution in [-0.2, 0) is 9.53 Å². The maximum Gasteiger partial charge on any atom is 0.310 e. The molecule has 5 heteroatoms. The Labute approximate surface area is 98.3 Å². The first-order valence-electron chi connectivity index (χ1n) is 5.29. The first-order valence-corrected chi connectivity index (χ1v) is 5.29. The molecule has 2 rings (SSSR count). The molecule has 17 heavy (non-hydrogen) atoms. The molecule has 0 amide bonds. The van der Waals surface area contributed by atoms with Gasteiger partial charge in [-0.25, -0.2) is 4.39 Å². The highest BCUT2D eigenvalue weighted by Crippen LogP contribution is 2.30. The summed E-state index contributed by atoms with van der Waals surface area (Å²) in [6.07, 6.45) is 0.730. The van der Waals surface area contributed by atoms with Crippen molar-refractivity contribution in [3.05, 3.63) is 35.6 Å². The Morgan fingerprint density at radius 1 is 1.53 bits per heavy atom. The van der Waals surface area contributed by atoms with Gasteiger partial charge in [0.15, 0.2) is 0 Å². The smallest absolute Gasteiger partial charge is 0.310 e. The van der Waals surface area contributed by atoms with Gasteiger partial charge in [0.2, 0.25) is 0 Å². The highest BCUT2D eigenvalue weighted by atomic mass is 19.1. The van der Waals surface area contributed by atoms with Gasteiger partial charge in [-0.15, -0.1) is 0 Å². The second-order valence-electron chi connectivity index (χ2n) is 3.91. The van der Waals surface area contributed by atoms with Gasteiger partial charge in [-0.05, 0) is 30.7 Å². The number of methoxy groups -OCH3 is 1. The van der Waals surface area contributed by atoms with Crippen molar-refractivity contribution in [3.8, 4) is 0 Å². The minimum atomic E-state index is -0.283. The van der Waals surface area contributed by atoms with Gasteiger partial charge in [0.05, 0.1) is 13.0 Å². The van der Waals surface area contributed by atoms with Crippen LogP contribution >= 0.6 is 0 Å². The van der Waals surface area contributed by atoms with Crippen LogP contribution in [0, 0.1) is 11.7 Å². The Morgan fingerprint density at radius 3 is 2.94 bits per heavy atom. The number of hydrogen-bond acceptors (Lipinski definition) is 3. The van der Waals surface area contributed by atoms with Gasteiger partial charge >= 0.3 is 5.97 Å². The van der Waals surface area contributed by atoms with Gasteiger partial charge in [-0.1, -0.05) is 12.1 Å². The number of nitrogens with one attached hydrogen (secondary N) is 1. The van der Waals surface area contributed by atoms with Crippen molar-refractivity contribution in [2.75, 3.05) is 13.7 Å². The summed E-state index contributed by atoms with van der Waals surface area (Å²) in [4.78, 5) is 11.5. The van der Waals surface area contributed by atoms with Crippen molar-refractivity contribution in [1.29, 1.82) is 0 Å². The zero-order valence-electron chi connectivity index (χ0n) is 9.48. The standard InChI is InChI=1S/C12H14FNO2.FH/c1-16-12(15)10-5-6-14-11(10)8-3-2-4-9(13)7-8;/h2-4,7,10-11,14H,5-6H2,1H3;1H/t10-,11+;/m0./s1. The third-order valence-electron chi connectivity index (χ3n) is 2.93. The highest BCUT2D eigenvalue weighted by molar-refractivity contribution is 5.74. The molecule has 2 atom stereocenters. The lowest BCUT2D eigenvalue weighted by Crippen LogP contribution is -2.24. The molecule has 1 saturated heterocycles. The van der Waals surface area contributed by atoms with Gasteiger partial charge < -0.3 is 10.1 Å². The van der Waals surface area contributed by atoms with Crippen molar-refractivity contribution in [2.45, 2.75) is 12.5 Å². The van der Waals surface area contributed by atoms with E-state index in [0.717, 1.165) is 18.5 Å². The molecule has 1 aromatic rings. The van der Waals surface area contributed by atoms with Crippen LogP contribution in [0.3, 0.4) is 0 Å². The van der Waals surface area contributed by atoms with Crippen LogP contribution in [0.15, 0.2) is 24.3 Å². The Hall–Kier alpha value is -1.49. The summed E-state index contributed by atoms with van der Waals surface area (Å²) < 4.78 is 17.8. The molecule has 3 nitrogen and oxygen atoms in total.